The number of thiophene rings is 1. The van der Waals surface area contributed by atoms with E-state index >= 15 is 0 Å². The zero-order chi connectivity index (χ0) is 23.2. The highest BCUT2D eigenvalue weighted by Crippen LogP contribution is 2.39. The highest BCUT2D eigenvalue weighted by Gasteiger charge is 2.28. The quantitative estimate of drug-likeness (QED) is 0.171. The summed E-state index contributed by atoms with van der Waals surface area (Å²) >= 11 is 8.48. The molecule has 0 saturated heterocycles. The number of H-pyrrole nitrogens is 1. The van der Waals surface area contributed by atoms with Crippen molar-refractivity contribution in [3.8, 4) is 0 Å². The van der Waals surface area contributed by atoms with Crippen LogP contribution in [0.3, 0.4) is 0 Å². The maximum Gasteiger partial charge on any atom is 0.341 e. The number of nitrogens with zero attached hydrogens (tertiary/aromatic N) is 3. The Morgan fingerprint density at radius 1 is 1.33 bits per heavy atom. The molecular weight excluding hydrogens is 484 g/mol. The van der Waals surface area contributed by atoms with Crippen LogP contribution in [0.4, 0.5) is 10.9 Å². The summed E-state index contributed by atoms with van der Waals surface area (Å²) in [5.74, 6) is -0.187. The predicted molar refractivity (Wildman–Crippen MR) is 131 cm³/mol. The number of esters is 1. The van der Waals surface area contributed by atoms with Crippen LogP contribution in [-0.4, -0.2) is 45.6 Å². The van der Waals surface area contributed by atoms with Crippen molar-refractivity contribution in [2.24, 2.45) is 5.10 Å². The van der Waals surface area contributed by atoms with Crippen molar-refractivity contribution >= 4 is 63.7 Å². The van der Waals surface area contributed by atoms with Crippen LogP contribution in [0.15, 0.2) is 34.5 Å². The highest BCUT2D eigenvalue weighted by molar-refractivity contribution is 7.99. The molecule has 0 unspecified atom stereocenters. The van der Waals surface area contributed by atoms with Gasteiger partial charge in [0.1, 0.15) is 5.00 Å². The fourth-order valence-electron chi connectivity index (χ4n) is 3.28. The Bertz CT molecular complexity index is 1180. The molecule has 4 rings (SSSR count). The third kappa shape index (κ3) is 5.92. The first-order valence-corrected chi connectivity index (χ1v) is 12.4. The van der Waals surface area contributed by atoms with E-state index in [-0.39, 0.29) is 24.2 Å². The number of aryl methyl sites for hydroxylation is 1. The molecule has 1 aromatic carbocycles. The molecule has 0 aliphatic heterocycles. The topological polar surface area (TPSA) is 121 Å². The van der Waals surface area contributed by atoms with E-state index in [0.717, 1.165) is 35.3 Å². The zero-order valence-corrected chi connectivity index (χ0v) is 20.1. The number of carbonyl (C=O) groups is 2. The number of fused-ring (bicyclic) bond motifs is 1. The van der Waals surface area contributed by atoms with E-state index in [1.54, 1.807) is 25.3 Å². The van der Waals surface area contributed by atoms with E-state index in [1.807, 2.05) is 12.1 Å². The summed E-state index contributed by atoms with van der Waals surface area (Å²) in [6, 6.07) is 7.22. The van der Waals surface area contributed by atoms with Crippen LogP contribution in [0.5, 0.6) is 0 Å². The number of amides is 1. The smallest absolute Gasteiger partial charge is 0.341 e. The number of halogens is 1. The molecule has 172 valence electrons. The number of aromatic amines is 1. The lowest BCUT2D eigenvalue weighted by Crippen LogP contribution is -2.16. The molecule has 2 heterocycles. The number of benzene rings is 1. The number of hydrogen-bond donors (Lipinski definition) is 3. The van der Waals surface area contributed by atoms with Crippen LogP contribution in [-0.2, 0) is 22.4 Å². The number of thioether (sulfide) groups is 1. The van der Waals surface area contributed by atoms with Gasteiger partial charge in [0, 0.05) is 9.90 Å². The summed E-state index contributed by atoms with van der Waals surface area (Å²) in [5.41, 5.74) is 5.13. The van der Waals surface area contributed by atoms with Gasteiger partial charge in [-0.1, -0.05) is 35.5 Å². The molecule has 0 saturated carbocycles. The van der Waals surface area contributed by atoms with Crippen LogP contribution in [0.2, 0.25) is 5.02 Å². The Balaban J connectivity index is 1.31. The van der Waals surface area contributed by atoms with E-state index in [1.165, 1.54) is 23.1 Å². The van der Waals surface area contributed by atoms with Gasteiger partial charge in [0.25, 0.3) is 0 Å². The second kappa shape index (κ2) is 10.8. The van der Waals surface area contributed by atoms with Crippen LogP contribution in [0.25, 0.3) is 0 Å². The molecule has 1 aliphatic carbocycles. The minimum absolute atomic E-state index is 0.0934. The maximum atomic E-state index is 12.5. The van der Waals surface area contributed by atoms with Crippen LogP contribution in [0, 0.1) is 0 Å². The van der Waals surface area contributed by atoms with Gasteiger partial charge in [-0.15, -0.1) is 16.4 Å². The third-order valence-corrected chi connectivity index (χ3v) is 7.01. The molecule has 0 radical (unpaired) electrons. The first kappa shape index (κ1) is 23.3. The van der Waals surface area contributed by atoms with Gasteiger partial charge in [0.15, 0.2) is 0 Å². The number of hydrogen-bond acceptors (Lipinski definition) is 9. The monoisotopic (exact) mass is 504 g/mol. The summed E-state index contributed by atoms with van der Waals surface area (Å²) in [6.07, 6.45) is 4.39. The molecule has 0 fully saturated rings. The fourth-order valence-corrected chi connectivity index (χ4v) is 5.30. The van der Waals surface area contributed by atoms with Gasteiger partial charge in [-0.25, -0.2) is 15.3 Å². The summed E-state index contributed by atoms with van der Waals surface area (Å²) in [6.45, 7) is 2.06. The molecule has 3 N–H and O–H groups in total. The first-order chi connectivity index (χ1) is 16.0. The third-order valence-electron chi connectivity index (χ3n) is 4.71. The van der Waals surface area contributed by atoms with Crippen molar-refractivity contribution in [3.05, 3.63) is 50.9 Å². The minimum Gasteiger partial charge on any atom is -0.462 e. The molecular formula is C21H21ClN6O3S2. The Kier molecular flexibility index (Phi) is 7.63. The summed E-state index contributed by atoms with van der Waals surface area (Å²) in [4.78, 5) is 30.3. The Hall–Kier alpha value is -2.89. The van der Waals surface area contributed by atoms with Crippen LogP contribution >= 0.6 is 34.7 Å². The van der Waals surface area contributed by atoms with E-state index in [4.69, 9.17) is 16.3 Å². The van der Waals surface area contributed by atoms with Gasteiger partial charge >= 0.3 is 5.97 Å². The molecule has 2 aromatic heterocycles. The molecule has 12 heteroatoms. The predicted octanol–water partition coefficient (Wildman–Crippen LogP) is 4.36. The zero-order valence-electron chi connectivity index (χ0n) is 17.7. The number of ether oxygens (including phenoxy) is 1. The molecule has 33 heavy (non-hydrogen) atoms. The second-order valence-electron chi connectivity index (χ2n) is 7.01. The first-order valence-electron chi connectivity index (χ1n) is 10.2. The van der Waals surface area contributed by atoms with Crippen molar-refractivity contribution in [3.63, 3.8) is 0 Å². The van der Waals surface area contributed by atoms with Gasteiger partial charge in [-0.05, 0) is 49.4 Å². The number of hydrazone groups is 1. The molecule has 0 bridgehead atoms. The lowest BCUT2D eigenvalue weighted by Gasteiger charge is -2.07. The van der Waals surface area contributed by atoms with Crippen molar-refractivity contribution in [2.45, 2.75) is 31.3 Å². The van der Waals surface area contributed by atoms with Crippen molar-refractivity contribution < 1.29 is 14.3 Å². The van der Waals surface area contributed by atoms with Gasteiger partial charge < -0.3 is 10.1 Å². The number of nitrogens with one attached hydrogen (secondary N) is 3. The SMILES string of the molecule is CCOC(=O)c1c(NC(=O)CSc2n[nH]c(N/N=C/c3ccc(Cl)cc3)n2)sc2c1CCC2. The largest absolute Gasteiger partial charge is 0.462 e. The molecule has 0 atom stereocenters. The van der Waals surface area contributed by atoms with Crippen molar-refractivity contribution in [1.29, 1.82) is 0 Å². The van der Waals surface area contributed by atoms with E-state index in [2.05, 4.69) is 31.0 Å². The molecule has 0 spiro atoms. The number of rotatable bonds is 9. The average Bonchev–Trinajstić information content (AvgIpc) is 3.50. The van der Waals surface area contributed by atoms with Crippen LogP contribution < -0.4 is 10.7 Å². The Morgan fingerprint density at radius 2 is 2.15 bits per heavy atom. The molecule has 1 aliphatic rings. The average molecular weight is 505 g/mol. The van der Waals surface area contributed by atoms with Gasteiger partial charge in [0.2, 0.25) is 17.0 Å². The fraction of sp³-hybridized carbons (Fsp3) is 0.286. The standard InChI is InChI=1S/C21H21ClN6O3S2/c1-2-31-19(30)17-14-4-3-5-15(14)33-18(17)24-16(29)11-32-21-25-20(27-28-21)26-23-10-12-6-8-13(22)9-7-12/h6-10H,2-5,11H2,1H3,(H,24,29)(H2,25,26,27,28)/b23-10+. The number of aromatic nitrogens is 3. The van der Waals surface area contributed by atoms with Crippen LogP contribution in [0.1, 0.15) is 39.7 Å². The van der Waals surface area contributed by atoms with Crippen molar-refractivity contribution in [1.82, 2.24) is 15.2 Å². The molecule has 1 amide bonds. The normalized spacial score (nSPS) is 12.7. The molecule has 3 aromatic rings. The van der Waals surface area contributed by atoms with Gasteiger partial charge in [0.05, 0.1) is 24.1 Å². The Labute approximate surface area is 203 Å². The van der Waals surface area contributed by atoms with Gasteiger partial charge in [-0.2, -0.15) is 10.1 Å². The lowest BCUT2D eigenvalue weighted by molar-refractivity contribution is -0.113. The van der Waals surface area contributed by atoms with E-state index < -0.39 is 0 Å². The second-order valence-corrected chi connectivity index (χ2v) is 9.49. The molecule has 9 nitrogen and oxygen atoms in total. The Morgan fingerprint density at radius 3 is 2.94 bits per heavy atom. The number of carbonyl (C=O) groups excluding carboxylic acids is 2. The lowest BCUT2D eigenvalue weighted by atomic mass is 10.1. The summed E-state index contributed by atoms with van der Waals surface area (Å²) < 4.78 is 5.19. The van der Waals surface area contributed by atoms with E-state index in [0.29, 0.717) is 26.7 Å². The van der Waals surface area contributed by atoms with Crippen molar-refractivity contribution in [2.75, 3.05) is 23.1 Å². The maximum absolute atomic E-state index is 12.5. The minimum atomic E-state index is -0.385. The summed E-state index contributed by atoms with van der Waals surface area (Å²) in [5, 5.41) is 15.3. The van der Waals surface area contributed by atoms with E-state index in [9.17, 15) is 9.59 Å². The van der Waals surface area contributed by atoms with Gasteiger partial charge in [-0.3, -0.25) is 4.79 Å². The highest BCUT2D eigenvalue weighted by atomic mass is 35.5. The number of anilines is 2. The summed E-state index contributed by atoms with van der Waals surface area (Å²) in [7, 11) is 0.